The average Bonchev–Trinajstić information content (AvgIpc) is 2.63. The molecular weight excluding hydrogens is 192 g/mol. The number of nitrogens with zero attached hydrogens (tertiary/aromatic N) is 3. The topological polar surface area (TPSA) is 63.0 Å². The van der Waals surface area contributed by atoms with Crippen LogP contribution in [0.2, 0.25) is 0 Å². The molecule has 0 aliphatic rings. The molecule has 5 heteroatoms. The Balaban J connectivity index is 2.56. The van der Waals surface area contributed by atoms with Crippen molar-refractivity contribution in [3.05, 3.63) is 11.9 Å². The van der Waals surface area contributed by atoms with Gasteiger partial charge in [0, 0.05) is 19.1 Å². The molecule has 1 unspecified atom stereocenters. The monoisotopic (exact) mass is 212 g/mol. The molecule has 0 radical (unpaired) electrons. The number of rotatable bonds is 6. The predicted molar refractivity (Wildman–Crippen MR) is 58.4 cm³/mol. The zero-order valence-corrected chi connectivity index (χ0v) is 9.64. The van der Waals surface area contributed by atoms with Crippen LogP contribution in [0.1, 0.15) is 39.0 Å². The number of nitrogens with one attached hydrogen (secondary N) is 1. The van der Waals surface area contributed by atoms with Crippen molar-refractivity contribution in [3.63, 3.8) is 0 Å². The van der Waals surface area contributed by atoms with Crippen molar-refractivity contribution in [1.29, 1.82) is 0 Å². The van der Waals surface area contributed by atoms with Gasteiger partial charge in [-0.05, 0) is 6.42 Å². The Bertz CT molecular complexity index is 285. The van der Waals surface area contributed by atoms with Crippen molar-refractivity contribution in [2.45, 2.75) is 45.9 Å². The zero-order chi connectivity index (χ0) is 11.3. The third-order valence-corrected chi connectivity index (χ3v) is 2.14. The molecule has 1 heterocycles. The minimum absolute atomic E-state index is 0.371. The van der Waals surface area contributed by atoms with Crippen LogP contribution in [0.4, 0.5) is 0 Å². The van der Waals surface area contributed by atoms with Crippen molar-refractivity contribution >= 4 is 0 Å². The fourth-order valence-electron chi connectivity index (χ4n) is 1.36. The maximum atomic E-state index is 9.90. The van der Waals surface area contributed by atoms with Gasteiger partial charge in [-0.1, -0.05) is 26.0 Å². The molecule has 15 heavy (non-hydrogen) atoms. The highest BCUT2D eigenvalue weighted by atomic mass is 16.3. The molecule has 0 aliphatic carbocycles. The first kappa shape index (κ1) is 12.1. The van der Waals surface area contributed by atoms with E-state index in [1.165, 1.54) is 0 Å². The maximum Gasteiger partial charge on any atom is 0.110 e. The highest BCUT2D eigenvalue weighted by Gasteiger charge is 2.13. The minimum atomic E-state index is -0.533. The lowest BCUT2D eigenvalue weighted by atomic mass is 10.2. The van der Waals surface area contributed by atoms with Gasteiger partial charge in [0.2, 0.25) is 0 Å². The fraction of sp³-hybridized carbons (Fsp3) is 0.800. The Labute approximate surface area is 90.5 Å². The smallest absolute Gasteiger partial charge is 0.110 e. The van der Waals surface area contributed by atoms with Gasteiger partial charge in [0.15, 0.2) is 0 Å². The summed E-state index contributed by atoms with van der Waals surface area (Å²) in [7, 11) is 0. The van der Waals surface area contributed by atoms with E-state index in [1.807, 2.05) is 13.8 Å². The lowest BCUT2D eigenvalue weighted by Crippen LogP contribution is -2.29. The lowest BCUT2D eigenvalue weighted by Gasteiger charge is -2.14. The molecule has 1 rings (SSSR count). The molecule has 0 aromatic carbocycles. The molecule has 0 saturated heterocycles. The Morgan fingerprint density at radius 1 is 1.53 bits per heavy atom. The average molecular weight is 212 g/mol. The normalized spacial score (nSPS) is 13.4. The van der Waals surface area contributed by atoms with E-state index in [0.717, 1.165) is 18.7 Å². The number of aromatic nitrogens is 3. The van der Waals surface area contributed by atoms with Gasteiger partial charge in [-0.2, -0.15) is 0 Å². The largest absolute Gasteiger partial charge is 0.385 e. The summed E-state index contributed by atoms with van der Waals surface area (Å²) in [5, 5.41) is 20.8. The predicted octanol–water partition coefficient (Wildman–Crippen LogP) is 0.719. The zero-order valence-electron chi connectivity index (χ0n) is 9.64. The van der Waals surface area contributed by atoms with E-state index in [1.54, 1.807) is 10.9 Å². The van der Waals surface area contributed by atoms with Crippen LogP contribution in [-0.2, 0) is 6.54 Å². The van der Waals surface area contributed by atoms with E-state index >= 15 is 0 Å². The molecule has 86 valence electrons. The van der Waals surface area contributed by atoms with Crippen LogP contribution >= 0.6 is 0 Å². The van der Waals surface area contributed by atoms with Crippen molar-refractivity contribution in [2.75, 3.05) is 6.54 Å². The molecule has 1 aromatic rings. The summed E-state index contributed by atoms with van der Waals surface area (Å²) in [6.07, 6.45) is 2.08. The molecular formula is C10H20N4O. The van der Waals surface area contributed by atoms with Crippen molar-refractivity contribution < 1.29 is 5.11 Å². The standard InChI is InChI=1S/C10H20N4O/c1-4-5-14-9(6-12-13-14)10(15)7-11-8(2)3/h6,8,10-11,15H,4-5,7H2,1-3H3. The molecule has 0 bridgehead atoms. The number of aliphatic hydroxyl groups is 1. The first-order valence-electron chi connectivity index (χ1n) is 5.45. The minimum Gasteiger partial charge on any atom is -0.385 e. The molecule has 0 fully saturated rings. The van der Waals surface area contributed by atoms with Crippen LogP contribution in [0.15, 0.2) is 6.20 Å². The third-order valence-electron chi connectivity index (χ3n) is 2.14. The first-order valence-corrected chi connectivity index (χ1v) is 5.45. The molecule has 0 spiro atoms. The first-order chi connectivity index (χ1) is 7.15. The molecule has 1 atom stereocenters. The number of hydrogen-bond donors (Lipinski definition) is 2. The van der Waals surface area contributed by atoms with E-state index in [9.17, 15) is 5.11 Å². The van der Waals surface area contributed by atoms with E-state index in [4.69, 9.17) is 0 Å². The Morgan fingerprint density at radius 2 is 2.27 bits per heavy atom. The third kappa shape index (κ3) is 3.60. The molecule has 0 saturated carbocycles. The summed E-state index contributed by atoms with van der Waals surface area (Å²) in [5.41, 5.74) is 0.782. The lowest BCUT2D eigenvalue weighted by molar-refractivity contribution is 0.160. The van der Waals surface area contributed by atoms with E-state index in [0.29, 0.717) is 12.6 Å². The molecule has 2 N–H and O–H groups in total. The van der Waals surface area contributed by atoms with Crippen molar-refractivity contribution in [3.8, 4) is 0 Å². The molecule has 5 nitrogen and oxygen atoms in total. The van der Waals surface area contributed by atoms with E-state index in [2.05, 4.69) is 22.6 Å². The molecule has 1 aromatic heterocycles. The van der Waals surface area contributed by atoms with Crippen LogP contribution in [0.3, 0.4) is 0 Å². The summed E-state index contributed by atoms with van der Waals surface area (Å²) < 4.78 is 1.76. The number of hydrogen-bond acceptors (Lipinski definition) is 4. The van der Waals surface area contributed by atoms with Gasteiger partial charge in [-0.3, -0.25) is 0 Å². The summed E-state index contributed by atoms with van der Waals surface area (Å²) in [6, 6.07) is 0.371. The molecule has 0 aliphatic heterocycles. The SMILES string of the molecule is CCCn1nncc1C(O)CNC(C)C. The van der Waals surface area contributed by atoms with Gasteiger partial charge in [-0.25, -0.2) is 4.68 Å². The van der Waals surface area contributed by atoms with Gasteiger partial charge in [0.25, 0.3) is 0 Å². The van der Waals surface area contributed by atoms with Gasteiger partial charge >= 0.3 is 0 Å². The van der Waals surface area contributed by atoms with Crippen LogP contribution in [0.25, 0.3) is 0 Å². The van der Waals surface area contributed by atoms with Crippen LogP contribution < -0.4 is 5.32 Å². The summed E-state index contributed by atoms with van der Waals surface area (Å²) >= 11 is 0. The summed E-state index contributed by atoms with van der Waals surface area (Å²) in [6.45, 7) is 7.51. The van der Waals surface area contributed by atoms with Crippen LogP contribution in [0.5, 0.6) is 0 Å². The van der Waals surface area contributed by atoms with Gasteiger partial charge in [0.05, 0.1) is 11.9 Å². The fourth-order valence-corrected chi connectivity index (χ4v) is 1.36. The quantitative estimate of drug-likeness (QED) is 0.729. The number of aryl methyl sites for hydroxylation is 1. The summed E-state index contributed by atoms with van der Waals surface area (Å²) in [5.74, 6) is 0. The van der Waals surface area contributed by atoms with Crippen molar-refractivity contribution in [1.82, 2.24) is 20.3 Å². The summed E-state index contributed by atoms with van der Waals surface area (Å²) in [4.78, 5) is 0. The van der Waals surface area contributed by atoms with Crippen LogP contribution in [-0.4, -0.2) is 32.7 Å². The highest BCUT2D eigenvalue weighted by molar-refractivity contribution is 4.99. The second-order valence-corrected chi connectivity index (χ2v) is 3.96. The maximum absolute atomic E-state index is 9.90. The Hall–Kier alpha value is -0.940. The Kier molecular flexibility index (Phi) is 4.71. The second kappa shape index (κ2) is 5.82. The second-order valence-electron chi connectivity index (χ2n) is 3.96. The van der Waals surface area contributed by atoms with E-state index < -0.39 is 6.10 Å². The number of aliphatic hydroxyl groups excluding tert-OH is 1. The molecule has 0 amide bonds. The Morgan fingerprint density at radius 3 is 2.87 bits per heavy atom. The van der Waals surface area contributed by atoms with Gasteiger partial charge in [0.1, 0.15) is 6.10 Å². The highest BCUT2D eigenvalue weighted by Crippen LogP contribution is 2.10. The van der Waals surface area contributed by atoms with Crippen molar-refractivity contribution in [2.24, 2.45) is 0 Å². The van der Waals surface area contributed by atoms with Gasteiger partial charge in [-0.15, -0.1) is 5.10 Å². The van der Waals surface area contributed by atoms with Gasteiger partial charge < -0.3 is 10.4 Å². The van der Waals surface area contributed by atoms with E-state index in [-0.39, 0.29) is 0 Å². The van der Waals surface area contributed by atoms with Crippen LogP contribution in [0, 0.1) is 0 Å².